The van der Waals surface area contributed by atoms with E-state index in [2.05, 4.69) is 20.8 Å². The highest BCUT2D eigenvalue weighted by Crippen LogP contribution is 2.22. The van der Waals surface area contributed by atoms with E-state index >= 15 is 0 Å². The monoisotopic (exact) mass is 242 g/mol. The number of aliphatic hydroxyl groups excluding tert-OH is 1. The molecular formula is C16H34O. The maximum absolute atomic E-state index is 9.26. The number of unbranched alkanes of at least 4 members (excludes halogenated alkanes) is 4. The molecule has 0 aromatic carbocycles. The van der Waals surface area contributed by atoms with Crippen LogP contribution >= 0.6 is 0 Å². The average molecular weight is 242 g/mol. The van der Waals surface area contributed by atoms with Crippen molar-refractivity contribution in [3.63, 3.8) is 0 Å². The van der Waals surface area contributed by atoms with Gasteiger partial charge in [0.2, 0.25) is 0 Å². The second kappa shape index (κ2) is 11.1. The third-order valence-corrected chi connectivity index (χ3v) is 3.68. The molecular weight excluding hydrogens is 208 g/mol. The summed E-state index contributed by atoms with van der Waals surface area (Å²) in [6.45, 7) is 8.88. The summed E-state index contributed by atoms with van der Waals surface area (Å²) in [5, 5.41) is 9.26. The van der Waals surface area contributed by atoms with E-state index in [4.69, 9.17) is 0 Å². The molecule has 3 unspecified atom stereocenters. The maximum atomic E-state index is 9.26. The minimum atomic E-state index is -0.123. The molecule has 0 radical (unpaired) electrons. The molecule has 0 saturated carbocycles. The molecule has 17 heavy (non-hydrogen) atoms. The highest BCUT2D eigenvalue weighted by atomic mass is 16.3. The van der Waals surface area contributed by atoms with Crippen LogP contribution in [0.3, 0.4) is 0 Å². The van der Waals surface area contributed by atoms with Crippen molar-refractivity contribution in [1.29, 1.82) is 0 Å². The summed E-state index contributed by atoms with van der Waals surface area (Å²) in [7, 11) is 0. The predicted molar refractivity (Wildman–Crippen MR) is 77.2 cm³/mol. The predicted octanol–water partition coefficient (Wildman–Crippen LogP) is 5.17. The summed E-state index contributed by atoms with van der Waals surface area (Å²) in [5.74, 6) is 1.64. The van der Waals surface area contributed by atoms with Gasteiger partial charge in [-0.3, -0.25) is 0 Å². The van der Waals surface area contributed by atoms with E-state index in [9.17, 15) is 5.11 Å². The molecule has 0 aliphatic rings. The second-order valence-electron chi connectivity index (χ2n) is 6.08. The number of hydrogen-bond acceptors (Lipinski definition) is 1. The van der Waals surface area contributed by atoms with Crippen LogP contribution in [0.1, 0.15) is 85.5 Å². The Kier molecular flexibility index (Phi) is 11.0. The Morgan fingerprint density at radius 3 is 1.94 bits per heavy atom. The Morgan fingerprint density at radius 2 is 1.35 bits per heavy atom. The molecule has 104 valence electrons. The van der Waals surface area contributed by atoms with Crippen LogP contribution < -0.4 is 0 Å². The molecule has 1 heteroatoms. The molecule has 0 aliphatic heterocycles. The Balaban J connectivity index is 3.40. The van der Waals surface area contributed by atoms with Crippen molar-refractivity contribution in [1.82, 2.24) is 0 Å². The number of aliphatic hydroxyl groups is 1. The first kappa shape index (κ1) is 17.0. The highest BCUT2D eigenvalue weighted by Gasteiger charge is 2.09. The van der Waals surface area contributed by atoms with Gasteiger partial charge in [-0.05, 0) is 38.0 Å². The van der Waals surface area contributed by atoms with Crippen LogP contribution in [0.15, 0.2) is 0 Å². The summed E-state index contributed by atoms with van der Waals surface area (Å²) in [6, 6.07) is 0. The molecule has 0 aromatic heterocycles. The van der Waals surface area contributed by atoms with E-state index in [0.29, 0.717) is 0 Å². The largest absolute Gasteiger partial charge is 0.393 e. The van der Waals surface area contributed by atoms with Crippen LogP contribution in [0.2, 0.25) is 0 Å². The van der Waals surface area contributed by atoms with Gasteiger partial charge in [-0.15, -0.1) is 0 Å². The summed E-state index contributed by atoms with van der Waals surface area (Å²) < 4.78 is 0. The highest BCUT2D eigenvalue weighted by molar-refractivity contribution is 4.62. The summed E-state index contributed by atoms with van der Waals surface area (Å²) >= 11 is 0. The number of rotatable bonds is 11. The van der Waals surface area contributed by atoms with Crippen molar-refractivity contribution in [3.05, 3.63) is 0 Å². The van der Waals surface area contributed by atoms with E-state index in [1.807, 2.05) is 6.92 Å². The quantitative estimate of drug-likeness (QED) is 0.496. The topological polar surface area (TPSA) is 20.2 Å². The molecule has 0 aliphatic carbocycles. The normalized spacial score (nSPS) is 16.8. The standard InChI is InChI=1S/C16H34O/c1-5-6-7-8-9-10-14(2)13-15(3)11-12-16(4)17/h14-17H,5-13H2,1-4H3. The zero-order valence-electron chi connectivity index (χ0n) is 12.5. The van der Waals surface area contributed by atoms with E-state index in [1.54, 1.807) is 0 Å². The van der Waals surface area contributed by atoms with Crippen molar-refractivity contribution < 1.29 is 5.11 Å². The lowest BCUT2D eigenvalue weighted by atomic mass is 9.89. The molecule has 0 saturated heterocycles. The Hall–Kier alpha value is -0.0400. The van der Waals surface area contributed by atoms with Crippen molar-refractivity contribution in [3.8, 4) is 0 Å². The fraction of sp³-hybridized carbons (Fsp3) is 1.00. The van der Waals surface area contributed by atoms with Crippen LogP contribution in [0.4, 0.5) is 0 Å². The molecule has 3 atom stereocenters. The van der Waals surface area contributed by atoms with Crippen molar-refractivity contribution in [2.45, 2.75) is 91.6 Å². The fourth-order valence-corrected chi connectivity index (χ4v) is 2.54. The van der Waals surface area contributed by atoms with E-state index < -0.39 is 0 Å². The van der Waals surface area contributed by atoms with E-state index in [1.165, 1.54) is 51.4 Å². The van der Waals surface area contributed by atoms with Crippen molar-refractivity contribution >= 4 is 0 Å². The zero-order chi connectivity index (χ0) is 13.1. The maximum Gasteiger partial charge on any atom is 0.0512 e. The molecule has 0 heterocycles. The van der Waals surface area contributed by atoms with Gasteiger partial charge in [0.1, 0.15) is 0 Å². The lowest BCUT2D eigenvalue weighted by Crippen LogP contribution is -2.07. The van der Waals surface area contributed by atoms with Crippen molar-refractivity contribution in [2.24, 2.45) is 11.8 Å². The first-order valence-electron chi connectivity index (χ1n) is 7.74. The number of hydrogen-bond donors (Lipinski definition) is 1. The van der Waals surface area contributed by atoms with Crippen LogP contribution in [0.25, 0.3) is 0 Å². The summed E-state index contributed by atoms with van der Waals surface area (Å²) in [6.07, 6.45) is 11.7. The molecule has 0 spiro atoms. The van der Waals surface area contributed by atoms with Crippen LogP contribution in [0, 0.1) is 11.8 Å². The molecule has 0 bridgehead atoms. The molecule has 0 amide bonds. The zero-order valence-corrected chi connectivity index (χ0v) is 12.5. The average Bonchev–Trinajstić information content (AvgIpc) is 2.26. The van der Waals surface area contributed by atoms with Crippen molar-refractivity contribution in [2.75, 3.05) is 0 Å². The smallest absolute Gasteiger partial charge is 0.0512 e. The molecule has 0 aromatic rings. The Bertz CT molecular complexity index is 154. The third-order valence-electron chi connectivity index (χ3n) is 3.68. The molecule has 1 N–H and O–H groups in total. The van der Waals surface area contributed by atoms with E-state index in [-0.39, 0.29) is 6.10 Å². The van der Waals surface area contributed by atoms with Gasteiger partial charge in [-0.2, -0.15) is 0 Å². The molecule has 1 nitrogen and oxygen atoms in total. The second-order valence-corrected chi connectivity index (χ2v) is 6.08. The van der Waals surface area contributed by atoms with Gasteiger partial charge in [0.05, 0.1) is 6.10 Å². The molecule has 0 fully saturated rings. The third kappa shape index (κ3) is 12.2. The SMILES string of the molecule is CCCCCCCC(C)CC(C)CCC(C)O. The lowest BCUT2D eigenvalue weighted by Gasteiger charge is -2.17. The fourth-order valence-electron chi connectivity index (χ4n) is 2.54. The van der Waals surface area contributed by atoms with Crippen LogP contribution in [-0.2, 0) is 0 Å². The van der Waals surface area contributed by atoms with Gasteiger partial charge in [0.25, 0.3) is 0 Å². The Morgan fingerprint density at radius 1 is 0.765 bits per heavy atom. The van der Waals surface area contributed by atoms with Gasteiger partial charge >= 0.3 is 0 Å². The van der Waals surface area contributed by atoms with Gasteiger partial charge in [-0.25, -0.2) is 0 Å². The van der Waals surface area contributed by atoms with Crippen LogP contribution in [0.5, 0.6) is 0 Å². The van der Waals surface area contributed by atoms with Gasteiger partial charge < -0.3 is 5.11 Å². The van der Waals surface area contributed by atoms with Gasteiger partial charge in [-0.1, -0.05) is 59.3 Å². The minimum absolute atomic E-state index is 0.123. The first-order chi connectivity index (χ1) is 8.06. The molecule has 0 rings (SSSR count). The van der Waals surface area contributed by atoms with E-state index in [0.717, 1.165) is 18.3 Å². The Labute approximate surface area is 109 Å². The summed E-state index contributed by atoms with van der Waals surface area (Å²) in [4.78, 5) is 0. The summed E-state index contributed by atoms with van der Waals surface area (Å²) in [5.41, 5.74) is 0. The minimum Gasteiger partial charge on any atom is -0.393 e. The lowest BCUT2D eigenvalue weighted by molar-refractivity contribution is 0.171. The van der Waals surface area contributed by atoms with Gasteiger partial charge in [0.15, 0.2) is 0 Å². The first-order valence-corrected chi connectivity index (χ1v) is 7.74. The van der Waals surface area contributed by atoms with Gasteiger partial charge in [0, 0.05) is 0 Å². The van der Waals surface area contributed by atoms with Crippen LogP contribution in [-0.4, -0.2) is 11.2 Å².